The highest BCUT2D eigenvalue weighted by molar-refractivity contribution is 5.71. The van der Waals surface area contributed by atoms with Gasteiger partial charge in [0.25, 0.3) is 0 Å². The van der Waals surface area contributed by atoms with Gasteiger partial charge in [0.05, 0.1) is 0 Å². The van der Waals surface area contributed by atoms with Crippen LogP contribution in [0.1, 0.15) is 343 Å². The molecule has 0 bridgehead atoms. The molecule has 0 rings (SSSR count). The lowest BCUT2D eigenvalue weighted by atomic mass is 9.99. The minimum atomic E-state index is -0.763. The van der Waals surface area contributed by atoms with E-state index < -0.39 is 6.10 Å². The van der Waals surface area contributed by atoms with Gasteiger partial charge in [0, 0.05) is 19.3 Å². The van der Waals surface area contributed by atoms with Crippen LogP contribution in [0.4, 0.5) is 0 Å². The molecule has 0 aliphatic carbocycles. The highest BCUT2D eigenvalue weighted by Gasteiger charge is 2.19. The van der Waals surface area contributed by atoms with Crippen molar-refractivity contribution in [1.29, 1.82) is 0 Å². The summed E-state index contributed by atoms with van der Waals surface area (Å²) in [4.78, 5) is 38.2. The van der Waals surface area contributed by atoms with Crippen molar-refractivity contribution in [1.82, 2.24) is 0 Å². The Morgan fingerprint density at radius 3 is 0.851 bits per heavy atom. The Morgan fingerprint density at radius 1 is 0.313 bits per heavy atom. The summed E-state index contributed by atoms with van der Waals surface area (Å²) in [6.07, 6.45) is 58.1. The molecule has 6 nitrogen and oxygen atoms in total. The largest absolute Gasteiger partial charge is 0.462 e. The van der Waals surface area contributed by atoms with Crippen molar-refractivity contribution >= 4 is 17.9 Å². The fourth-order valence-corrected chi connectivity index (χ4v) is 9.37. The summed E-state index contributed by atoms with van der Waals surface area (Å²) in [7, 11) is 0. The minimum Gasteiger partial charge on any atom is -0.462 e. The third-order valence-electron chi connectivity index (χ3n) is 14.3. The van der Waals surface area contributed by atoms with Crippen LogP contribution in [-0.2, 0) is 28.6 Å². The van der Waals surface area contributed by atoms with Gasteiger partial charge < -0.3 is 14.2 Å². The molecule has 398 valence electrons. The third-order valence-corrected chi connectivity index (χ3v) is 14.3. The first-order chi connectivity index (χ1) is 32.8. The molecule has 0 N–H and O–H groups in total. The number of rotatable bonds is 55. The summed E-state index contributed by atoms with van der Waals surface area (Å²) >= 11 is 0. The molecular formula is C61H118O6. The van der Waals surface area contributed by atoms with E-state index in [0.717, 1.165) is 69.6 Å². The number of carbonyl (C=O) groups excluding carboxylic acids is 3. The van der Waals surface area contributed by atoms with Gasteiger partial charge in [0.1, 0.15) is 13.2 Å². The number of carbonyl (C=O) groups is 3. The van der Waals surface area contributed by atoms with Crippen LogP contribution in [0.2, 0.25) is 0 Å². The Balaban J connectivity index is 4.25. The van der Waals surface area contributed by atoms with Crippen molar-refractivity contribution in [2.75, 3.05) is 13.2 Å². The average Bonchev–Trinajstić information content (AvgIpc) is 3.31. The van der Waals surface area contributed by atoms with Crippen molar-refractivity contribution in [2.24, 2.45) is 11.8 Å². The molecule has 1 unspecified atom stereocenters. The Kier molecular flexibility index (Phi) is 52.5. The zero-order valence-electron chi connectivity index (χ0n) is 46.0. The molecule has 0 saturated carbocycles. The van der Waals surface area contributed by atoms with E-state index in [1.807, 2.05) is 0 Å². The Morgan fingerprint density at radius 2 is 0.567 bits per heavy atom. The Hall–Kier alpha value is -1.59. The maximum atomic E-state index is 12.8. The number of ether oxygens (including phenoxy) is 3. The molecule has 0 saturated heterocycles. The van der Waals surface area contributed by atoms with E-state index in [9.17, 15) is 14.4 Å². The lowest BCUT2D eigenvalue weighted by molar-refractivity contribution is -0.167. The molecule has 6 heteroatoms. The van der Waals surface area contributed by atoms with Crippen molar-refractivity contribution in [3.05, 3.63) is 0 Å². The molecular weight excluding hydrogens is 829 g/mol. The van der Waals surface area contributed by atoms with E-state index in [1.165, 1.54) is 231 Å². The molecule has 0 aliphatic rings. The summed E-state index contributed by atoms with van der Waals surface area (Å²) in [5.74, 6) is 0.863. The number of esters is 3. The third kappa shape index (κ3) is 53.6. The predicted molar refractivity (Wildman–Crippen MR) is 289 cm³/mol. The van der Waals surface area contributed by atoms with Gasteiger partial charge in [-0.25, -0.2) is 0 Å². The number of hydrogen-bond acceptors (Lipinski definition) is 6. The quantitative estimate of drug-likeness (QED) is 0.0343. The smallest absolute Gasteiger partial charge is 0.306 e. The summed E-state index contributed by atoms with van der Waals surface area (Å²) in [5.41, 5.74) is 0. The molecule has 0 aromatic carbocycles. The summed E-state index contributed by atoms with van der Waals surface area (Å²) in [5, 5.41) is 0. The Labute approximate surface area is 418 Å². The van der Waals surface area contributed by atoms with E-state index >= 15 is 0 Å². The van der Waals surface area contributed by atoms with E-state index in [-0.39, 0.29) is 31.1 Å². The second kappa shape index (κ2) is 53.8. The van der Waals surface area contributed by atoms with Crippen LogP contribution < -0.4 is 0 Å². The van der Waals surface area contributed by atoms with Crippen LogP contribution in [0.25, 0.3) is 0 Å². The first kappa shape index (κ1) is 65.4. The van der Waals surface area contributed by atoms with Crippen molar-refractivity contribution in [2.45, 2.75) is 349 Å². The van der Waals surface area contributed by atoms with E-state index in [2.05, 4.69) is 34.6 Å². The van der Waals surface area contributed by atoms with Crippen LogP contribution in [0, 0.1) is 11.8 Å². The van der Waals surface area contributed by atoms with E-state index in [4.69, 9.17) is 14.2 Å². The standard InChI is InChI=1S/C61H118O6/c1-6-8-9-10-11-12-13-14-15-16-17-18-19-23-26-31-36-41-46-51-59(62)65-54-58(67-61(64)53-48-43-38-33-28-29-34-39-44-49-56(3)4)55-66-60(63)52-47-42-37-32-27-24-21-20-22-25-30-35-40-45-50-57(5)7-2/h56-58H,6-55H2,1-5H3/t57?,58-/m0/s1. The molecule has 0 fully saturated rings. The fourth-order valence-electron chi connectivity index (χ4n) is 9.37. The van der Waals surface area contributed by atoms with Gasteiger partial charge in [-0.2, -0.15) is 0 Å². The molecule has 0 aliphatic heterocycles. The lowest BCUT2D eigenvalue weighted by Crippen LogP contribution is -2.30. The zero-order chi connectivity index (χ0) is 48.9. The van der Waals surface area contributed by atoms with E-state index in [0.29, 0.717) is 19.3 Å². The average molecular weight is 948 g/mol. The van der Waals surface area contributed by atoms with Gasteiger partial charge in [-0.05, 0) is 31.1 Å². The first-order valence-electron chi connectivity index (χ1n) is 30.3. The highest BCUT2D eigenvalue weighted by Crippen LogP contribution is 2.19. The predicted octanol–water partition coefficient (Wildman–Crippen LogP) is 20.0. The van der Waals surface area contributed by atoms with Gasteiger partial charge in [-0.1, -0.05) is 304 Å². The number of hydrogen-bond donors (Lipinski definition) is 0. The van der Waals surface area contributed by atoms with Crippen LogP contribution >= 0.6 is 0 Å². The van der Waals surface area contributed by atoms with Gasteiger partial charge in [-0.15, -0.1) is 0 Å². The summed E-state index contributed by atoms with van der Waals surface area (Å²) in [6, 6.07) is 0. The molecule has 0 amide bonds. The normalized spacial score (nSPS) is 12.4. The minimum absolute atomic E-state index is 0.0628. The van der Waals surface area contributed by atoms with Crippen molar-refractivity contribution in [3.63, 3.8) is 0 Å². The van der Waals surface area contributed by atoms with Crippen LogP contribution in [0.15, 0.2) is 0 Å². The maximum absolute atomic E-state index is 12.8. The molecule has 0 aromatic rings. The van der Waals surface area contributed by atoms with Crippen LogP contribution in [-0.4, -0.2) is 37.2 Å². The molecule has 67 heavy (non-hydrogen) atoms. The zero-order valence-corrected chi connectivity index (χ0v) is 46.0. The van der Waals surface area contributed by atoms with Gasteiger partial charge in [-0.3, -0.25) is 14.4 Å². The second-order valence-electron chi connectivity index (χ2n) is 21.7. The summed E-state index contributed by atoms with van der Waals surface area (Å²) in [6.45, 7) is 11.4. The first-order valence-corrected chi connectivity index (χ1v) is 30.3. The van der Waals surface area contributed by atoms with Crippen LogP contribution in [0.3, 0.4) is 0 Å². The van der Waals surface area contributed by atoms with E-state index in [1.54, 1.807) is 0 Å². The maximum Gasteiger partial charge on any atom is 0.306 e. The van der Waals surface area contributed by atoms with Gasteiger partial charge >= 0.3 is 17.9 Å². The molecule has 2 atom stereocenters. The van der Waals surface area contributed by atoms with Crippen LogP contribution in [0.5, 0.6) is 0 Å². The SMILES string of the molecule is CCCCCCCCCCCCCCCCCCCCCC(=O)OC[C@@H](COC(=O)CCCCCCCCCCCCCCCCC(C)CC)OC(=O)CCCCCCCCCCCC(C)C. The Bertz CT molecular complexity index is 1030. The van der Waals surface area contributed by atoms with Crippen molar-refractivity contribution < 1.29 is 28.6 Å². The topological polar surface area (TPSA) is 78.9 Å². The molecule has 0 spiro atoms. The van der Waals surface area contributed by atoms with Crippen molar-refractivity contribution in [3.8, 4) is 0 Å². The second-order valence-corrected chi connectivity index (χ2v) is 21.7. The number of unbranched alkanes of at least 4 members (excludes halogenated alkanes) is 39. The summed E-state index contributed by atoms with van der Waals surface area (Å²) < 4.78 is 16.9. The van der Waals surface area contributed by atoms with Gasteiger partial charge in [0.2, 0.25) is 0 Å². The molecule has 0 aromatic heterocycles. The highest BCUT2D eigenvalue weighted by atomic mass is 16.6. The van der Waals surface area contributed by atoms with Gasteiger partial charge in [0.15, 0.2) is 6.10 Å². The fraction of sp³-hybridized carbons (Fsp3) is 0.951. The molecule has 0 heterocycles. The monoisotopic (exact) mass is 947 g/mol. The lowest BCUT2D eigenvalue weighted by Gasteiger charge is -2.18. The molecule has 0 radical (unpaired) electrons.